The van der Waals surface area contributed by atoms with E-state index in [1.165, 1.54) is 77.0 Å². The van der Waals surface area contributed by atoms with Gasteiger partial charge in [-0.2, -0.15) is 0 Å². The first kappa shape index (κ1) is 16.8. The Hall–Kier alpha value is 0.730. The van der Waals surface area contributed by atoms with E-state index in [2.05, 4.69) is 36.4 Å². The molecule has 1 fully saturated rings. The van der Waals surface area contributed by atoms with E-state index in [0.29, 0.717) is 0 Å². The Morgan fingerprint density at radius 1 is 0.889 bits per heavy atom. The van der Waals surface area contributed by atoms with Crippen LogP contribution in [0.25, 0.3) is 0 Å². The molecule has 0 radical (unpaired) electrons. The van der Waals surface area contributed by atoms with Crippen LogP contribution in [-0.4, -0.2) is 3.92 Å². The molecule has 0 saturated heterocycles. The lowest BCUT2D eigenvalue weighted by Crippen LogP contribution is -2.24. The molecule has 0 amide bonds. The smallest absolute Gasteiger partial charge is 0.0138 e. The first-order valence-electron chi connectivity index (χ1n) is 8.42. The Kier molecular flexibility index (Phi) is 9.80. The second kappa shape index (κ2) is 10.5. The molecule has 108 valence electrons. The van der Waals surface area contributed by atoms with Crippen LogP contribution in [0.5, 0.6) is 0 Å². The average Bonchev–Trinajstić information content (AvgIpc) is 2.39. The van der Waals surface area contributed by atoms with Gasteiger partial charge in [-0.05, 0) is 37.5 Å². The van der Waals surface area contributed by atoms with Crippen molar-refractivity contribution >= 4 is 22.6 Å². The second-order valence-electron chi connectivity index (χ2n) is 6.27. The molecular weight excluding hydrogens is 331 g/mol. The second-order valence-corrected chi connectivity index (χ2v) is 7.87. The van der Waals surface area contributed by atoms with Crippen LogP contribution < -0.4 is 0 Å². The quantitative estimate of drug-likeness (QED) is 0.241. The zero-order valence-electron chi connectivity index (χ0n) is 12.6. The van der Waals surface area contributed by atoms with E-state index in [1.807, 2.05) is 0 Å². The Bertz CT molecular complexity index is 190. The molecule has 1 heteroatoms. The van der Waals surface area contributed by atoms with Gasteiger partial charge in [0.15, 0.2) is 0 Å². The summed E-state index contributed by atoms with van der Waals surface area (Å²) in [7, 11) is 0. The molecule has 1 aliphatic rings. The Morgan fingerprint density at radius 2 is 1.56 bits per heavy atom. The van der Waals surface area contributed by atoms with Gasteiger partial charge in [-0.3, -0.25) is 0 Å². The maximum atomic E-state index is 2.72. The molecule has 0 bridgehead atoms. The normalized spacial score (nSPS) is 28.5. The molecule has 18 heavy (non-hydrogen) atoms. The van der Waals surface area contributed by atoms with Gasteiger partial charge < -0.3 is 0 Å². The van der Waals surface area contributed by atoms with Crippen LogP contribution in [0.15, 0.2) is 0 Å². The summed E-state index contributed by atoms with van der Waals surface area (Å²) in [5.74, 6) is 2.09. The summed E-state index contributed by atoms with van der Waals surface area (Å²) >= 11 is 2.72. The van der Waals surface area contributed by atoms with Crippen molar-refractivity contribution in [3.05, 3.63) is 0 Å². The van der Waals surface area contributed by atoms with E-state index >= 15 is 0 Å². The lowest BCUT2D eigenvalue weighted by molar-refractivity contribution is 0.259. The Labute approximate surface area is 129 Å². The number of unbranched alkanes of at least 4 members (excludes halogenated alkanes) is 6. The summed E-state index contributed by atoms with van der Waals surface area (Å²) < 4.78 is 0.977. The number of hydrogen-bond acceptors (Lipinski definition) is 0. The molecule has 1 saturated carbocycles. The molecule has 0 spiro atoms. The van der Waals surface area contributed by atoms with Crippen molar-refractivity contribution in [2.75, 3.05) is 0 Å². The van der Waals surface area contributed by atoms with Crippen LogP contribution in [0.1, 0.15) is 90.9 Å². The monoisotopic (exact) mass is 364 g/mol. The van der Waals surface area contributed by atoms with E-state index in [1.54, 1.807) is 0 Å². The van der Waals surface area contributed by atoms with Gasteiger partial charge in [0, 0.05) is 3.92 Å². The highest BCUT2D eigenvalue weighted by Crippen LogP contribution is 2.38. The standard InChI is InChI=1S/C17H33I/c1-3-5-6-7-8-9-10-11-16-14-15(4-2)12-13-17(16)18/h15-17H,3-14H2,1-2H3. The van der Waals surface area contributed by atoms with Crippen molar-refractivity contribution in [2.24, 2.45) is 11.8 Å². The molecule has 0 aromatic heterocycles. The molecule has 0 heterocycles. The van der Waals surface area contributed by atoms with Crippen molar-refractivity contribution in [2.45, 2.75) is 94.8 Å². The van der Waals surface area contributed by atoms with Gasteiger partial charge in [0.05, 0.1) is 0 Å². The lowest BCUT2D eigenvalue weighted by atomic mass is 9.78. The third-order valence-corrected chi connectivity index (χ3v) is 6.39. The van der Waals surface area contributed by atoms with Crippen molar-refractivity contribution in [3.63, 3.8) is 0 Å². The van der Waals surface area contributed by atoms with E-state index in [9.17, 15) is 0 Å². The number of halogens is 1. The van der Waals surface area contributed by atoms with Gasteiger partial charge >= 0.3 is 0 Å². The minimum atomic E-state index is 0.977. The van der Waals surface area contributed by atoms with Crippen LogP contribution >= 0.6 is 22.6 Å². The maximum absolute atomic E-state index is 2.72. The molecule has 0 aromatic rings. The highest BCUT2D eigenvalue weighted by molar-refractivity contribution is 14.1. The predicted molar refractivity (Wildman–Crippen MR) is 91.5 cm³/mol. The molecule has 3 atom stereocenters. The van der Waals surface area contributed by atoms with Gasteiger partial charge in [0.25, 0.3) is 0 Å². The fourth-order valence-electron chi connectivity index (χ4n) is 3.36. The minimum Gasteiger partial charge on any atom is -0.0823 e. The fourth-order valence-corrected chi connectivity index (χ4v) is 4.37. The first-order chi connectivity index (χ1) is 8.77. The van der Waals surface area contributed by atoms with E-state index < -0.39 is 0 Å². The summed E-state index contributed by atoms with van der Waals surface area (Å²) in [6.45, 7) is 4.68. The molecule has 1 aliphatic carbocycles. The third-order valence-electron chi connectivity index (χ3n) is 4.75. The van der Waals surface area contributed by atoms with Crippen molar-refractivity contribution in [1.29, 1.82) is 0 Å². The first-order valence-corrected chi connectivity index (χ1v) is 9.66. The van der Waals surface area contributed by atoms with E-state index in [0.717, 1.165) is 15.8 Å². The van der Waals surface area contributed by atoms with Gasteiger partial charge in [-0.25, -0.2) is 0 Å². The lowest BCUT2D eigenvalue weighted by Gasteiger charge is -2.33. The zero-order valence-corrected chi connectivity index (χ0v) is 14.8. The SMILES string of the molecule is CCCCCCCCCC1CC(CC)CCC1I. The largest absolute Gasteiger partial charge is 0.0823 e. The van der Waals surface area contributed by atoms with Gasteiger partial charge in [-0.1, -0.05) is 87.8 Å². The minimum absolute atomic E-state index is 0.977. The van der Waals surface area contributed by atoms with Crippen molar-refractivity contribution < 1.29 is 0 Å². The summed E-state index contributed by atoms with van der Waals surface area (Å²) in [6, 6.07) is 0. The number of hydrogen-bond donors (Lipinski definition) is 0. The summed E-state index contributed by atoms with van der Waals surface area (Å²) in [5.41, 5.74) is 0. The molecule has 0 aromatic carbocycles. The highest BCUT2D eigenvalue weighted by Gasteiger charge is 2.27. The van der Waals surface area contributed by atoms with Crippen LogP contribution in [0.3, 0.4) is 0 Å². The van der Waals surface area contributed by atoms with Crippen LogP contribution in [-0.2, 0) is 0 Å². The zero-order chi connectivity index (χ0) is 13.2. The van der Waals surface area contributed by atoms with Crippen molar-refractivity contribution in [1.82, 2.24) is 0 Å². The van der Waals surface area contributed by atoms with E-state index in [4.69, 9.17) is 0 Å². The third kappa shape index (κ3) is 6.77. The molecule has 3 unspecified atom stereocenters. The maximum Gasteiger partial charge on any atom is 0.0138 e. The summed E-state index contributed by atoms with van der Waals surface area (Å²) in [6.07, 6.45) is 17.7. The van der Waals surface area contributed by atoms with Crippen LogP contribution in [0.2, 0.25) is 0 Å². The number of alkyl halides is 1. The van der Waals surface area contributed by atoms with Gasteiger partial charge in [0.1, 0.15) is 0 Å². The van der Waals surface area contributed by atoms with Crippen molar-refractivity contribution in [3.8, 4) is 0 Å². The average molecular weight is 364 g/mol. The Balaban J connectivity index is 2.03. The number of rotatable bonds is 9. The topological polar surface area (TPSA) is 0 Å². The molecule has 0 aliphatic heterocycles. The molecular formula is C17H33I. The fraction of sp³-hybridized carbons (Fsp3) is 1.00. The highest BCUT2D eigenvalue weighted by atomic mass is 127. The van der Waals surface area contributed by atoms with E-state index in [-0.39, 0.29) is 0 Å². The van der Waals surface area contributed by atoms with Crippen LogP contribution in [0.4, 0.5) is 0 Å². The summed E-state index contributed by atoms with van der Waals surface area (Å²) in [5, 5.41) is 0. The predicted octanol–water partition coefficient (Wildman–Crippen LogP) is 6.76. The molecule has 0 nitrogen and oxygen atoms in total. The van der Waals surface area contributed by atoms with Gasteiger partial charge in [-0.15, -0.1) is 0 Å². The Morgan fingerprint density at radius 3 is 2.22 bits per heavy atom. The molecule has 0 N–H and O–H groups in total. The van der Waals surface area contributed by atoms with Crippen LogP contribution in [0, 0.1) is 11.8 Å². The summed E-state index contributed by atoms with van der Waals surface area (Å²) in [4.78, 5) is 0. The van der Waals surface area contributed by atoms with Gasteiger partial charge in [0.2, 0.25) is 0 Å². The molecule has 1 rings (SSSR count).